The number of benzene rings is 1. The topological polar surface area (TPSA) is 7.12 Å². The Morgan fingerprint density at radius 3 is 2.82 bits per heavy atom. The van der Waals surface area contributed by atoms with E-state index >= 15 is 0 Å². The Hall–Kier alpha value is -1.39. The number of aryl methyl sites for hydroxylation is 1. The van der Waals surface area contributed by atoms with Crippen LogP contribution in [0.4, 0.5) is 5.69 Å². The molecule has 1 aliphatic rings. The van der Waals surface area contributed by atoms with Gasteiger partial charge in [-0.25, -0.2) is 0 Å². The molecule has 0 atom stereocenters. The van der Waals surface area contributed by atoms with Gasteiger partial charge in [-0.2, -0.15) is 17.2 Å². The van der Waals surface area contributed by atoms with Gasteiger partial charge in [0.05, 0.1) is 10.7 Å². The fourth-order valence-corrected chi connectivity index (χ4v) is 3.95. The Kier molecular flexibility index (Phi) is 5.11. The van der Waals surface area contributed by atoms with Crippen molar-refractivity contribution in [1.82, 2.24) is 0 Å². The summed E-state index contributed by atoms with van der Waals surface area (Å²) in [5.74, 6) is 2.00. The van der Waals surface area contributed by atoms with Crippen molar-refractivity contribution in [3.05, 3.63) is 59.9 Å². The molecule has 4 heteroatoms. The molecule has 114 valence electrons. The minimum atomic E-state index is 0.868. The van der Waals surface area contributed by atoms with E-state index in [0.29, 0.717) is 0 Å². The summed E-state index contributed by atoms with van der Waals surface area (Å²) in [6, 6.07) is 15.2. The third-order valence-electron chi connectivity index (χ3n) is 3.85. The number of hydrogen-bond donors (Lipinski definition) is 1. The highest BCUT2D eigenvalue weighted by molar-refractivity contribution is 8.08. The van der Waals surface area contributed by atoms with Crippen LogP contribution in [0.25, 0.3) is 11.0 Å². The quantitative estimate of drug-likeness (QED) is 0.677. The van der Waals surface area contributed by atoms with Gasteiger partial charge in [-0.1, -0.05) is 12.1 Å². The van der Waals surface area contributed by atoms with Crippen LogP contribution in [-0.2, 0) is 6.54 Å². The molecule has 0 amide bonds. The lowest BCUT2D eigenvalue weighted by atomic mass is 10.1. The molecule has 2 aromatic rings. The van der Waals surface area contributed by atoms with Crippen molar-refractivity contribution in [2.75, 3.05) is 30.0 Å². The van der Waals surface area contributed by atoms with Crippen LogP contribution >= 0.6 is 24.4 Å². The van der Waals surface area contributed by atoms with Gasteiger partial charge in [0.15, 0.2) is 12.7 Å². The minimum Gasteiger partial charge on any atom is -0.374 e. The lowest BCUT2D eigenvalue weighted by Crippen LogP contribution is -2.40. The Bertz CT molecular complexity index is 665. The van der Waals surface area contributed by atoms with Gasteiger partial charge in [0.1, 0.15) is 0 Å². The number of pyridine rings is 1. The monoisotopic (exact) mass is 329 g/mol. The van der Waals surface area contributed by atoms with Crippen LogP contribution in [0.2, 0.25) is 0 Å². The number of thioether (sulfide) groups is 1. The zero-order valence-corrected chi connectivity index (χ0v) is 14.5. The standard InChI is InChI=1S/C18H20N2S2/c1-19(10-12-21)16-7-5-15(6-8-16)14-18-17-4-2-3-9-20(17)11-13-22-18/h2-9,14H,10-13H2,1H3/p+1. The Balaban J connectivity index is 1.84. The molecule has 0 radical (unpaired) electrons. The summed E-state index contributed by atoms with van der Waals surface area (Å²) >= 11 is 6.23. The Morgan fingerprint density at radius 1 is 1.23 bits per heavy atom. The molecule has 22 heavy (non-hydrogen) atoms. The van der Waals surface area contributed by atoms with Gasteiger partial charge in [-0.05, 0) is 29.8 Å². The van der Waals surface area contributed by atoms with Crippen LogP contribution < -0.4 is 9.47 Å². The van der Waals surface area contributed by atoms with Gasteiger partial charge in [0.25, 0.3) is 0 Å². The van der Waals surface area contributed by atoms with Gasteiger partial charge < -0.3 is 4.90 Å². The number of hydrogen-bond acceptors (Lipinski definition) is 3. The zero-order chi connectivity index (χ0) is 15.4. The van der Waals surface area contributed by atoms with Gasteiger partial charge in [0.2, 0.25) is 5.69 Å². The molecule has 1 aliphatic heterocycles. The molecule has 0 N–H and O–H groups in total. The molecule has 0 saturated carbocycles. The van der Waals surface area contributed by atoms with E-state index in [1.54, 1.807) is 0 Å². The molecule has 0 aliphatic carbocycles. The third kappa shape index (κ3) is 3.50. The van der Waals surface area contributed by atoms with Crippen molar-refractivity contribution in [3.63, 3.8) is 0 Å². The Morgan fingerprint density at radius 2 is 2.05 bits per heavy atom. The van der Waals surface area contributed by atoms with Crippen molar-refractivity contribution < 1.29 is 4.57 Å². The largest absolute Gasteiger partial charge is 0.374 e. The van der Waals surface area contributed by atoms with Crippen LogP contribution in [0.5, 0.6) is 0 Å². The van der Waals surface area contributed by atoms with Gasteiger partial charge >= 0.3 is 0 Å². The lowest BCUT2D eigenvalue weighted by Gasteiger charge is -2.18. The van der Waals surface area contributed by atoms with Crippen molar-refractivity contribution in [2.45, 2.75) is 6.54 Å². The van der Waals surface area contributed by atoms with E-state index in [-0.39, 0.29) is 0 Å². The first kappa shape index (κ1) is 15.5. The molecular formula is C18H21N2S2+. The number of rotatable bonds is 4. The number of nitrogens with zero attached hydrogens (tertiary/aromatic N) is 2. The first-order valence-corrected chi connectivity index (χ1v) is 9.15. The number of thiol groups is 1. The van der Waals surface area contributed by atoms with Crippen molar-refractivity contribution >= 4 is 41.1 Å². The number of aromatic nitrogens is 1. The molecule has 0 fully saturated rings. The first-order valence-electron chi connectivity index (χ1n) is 7.53. The smallest absolute Gasteiger partial charge is 0.218 e. The second kappa shape index (κ2) is 7.25. The highest BCUT2D eigenvalue weighted by Crippen LogP contribution is 2.30. The highest BCUT2D eigenvalue weighted by Gasteiger charge is 2.20. The van der Waals surface area contributed by atoms with Gasteiger partial charge in [0, 0.05) is 37.2 Å². The zero-order valence-electron chi connectivity index (χ0n) is 12.8. The predicted octanol–water partition coefficient (Wildman–Crippen LogP) is 3.59. The average molecular weight is 330 g/mol. The molecule has 2 heterocycles. The molecule has 1 aromatic heterocycles. The van der Waals surface area contributed by atoms with E-state index in [2.05, 4.69) is 83.9 Å². The van der Waals surface area contributed by atoms with E-state index in [9.17, 15) is 0 Å². The maximum Gasteiger partial charge on any atom is 0.218 e. The average Bonchev–Trinajstić information content (AvgIpc) is 2.56. The summed E-state index contributed by atoms with van der Waals surface area (Å²) in [5, 5.41) is 0. The van der Waals surface area contributed by atoms with Crippen molar-refractivity contribution in [1.29, 1.82) is 0 Å². The highest BCUT2D eigenvalue weighted by atomic mass is 32.2. The van der Waals surface area contributed by atoms with E-state index in [4.69, 9.17) is 0 Å². The van der Waals surface area contributed by atoms with E-state index in [1.165, 1.54) is 21.8 Å². The minimum absolute atomic E-state index is 0.868. The fourth-order valence-electron chi connectivity index (χ4n) is 2.59. The lowest BCUT2D eigenvalue weighted by molar-refractivity contribution is -0.695. The summed E-state index contributed by atoms with van der Waals surface area (Å²) in [7, 11) is 2.10. The number of fused-ring (bicyclic) bond motifs is 1. The summed E-state index contributed by atoms with van der Waals surface area (Å²) in [6.07, 6.45) is 4.45. The molecule has 3 rings (SSSR count). The number of anilines is 1. The summed E-state index contributed by atoms with van der Waals surface area (Å²) in [4.78, 5) is 3.58. The Labute approximate surface area is 142 Å². The summed E-state index contributed by atoms with van der Waals surface area (Å²) in [6.45, 7) is 2.05. The van der Waals surface area contributed by atoms with E-state index < -0.39 is 0 Å². The maximum atomic E-state index is 4.29. The van der Waals surface area contributed by atoms with Crippen LogP contribution in [0.15, 0.2) is 48.7 Å². The van der Waals surface area contributed by atoms with Crippen LogP contribution in [-0.4, -0.2) is 25.1 Å². The molecule has 1 aromatic carbocycles. The molecular weight excluding hydrogens is 308 g/mol. The van der Waals surface area contributed by atoms with Crippen molar-refractivity contribution in [3.8, 4) is 0 Å². The van der Waals surface area contributed by atoms with Crippen molar-refractivity contribution in [2.24, 2.45) is 0 Å². The maximum absolute atomic E-state index is 4.29. The van der Waals surface area contributed by atoms with Crippen LogP contribution in [0.1, 0.15) is 11.3 Å². The third-order valence-corrected chi connectivity index (χ3v) is 5.07. The molecule has 0 bridgehead atoms. The van der Waals surface area contributed by atoms with Crippen LogP contribution in [0.3, 0.4) is 0 Å². The predicted molar refractivity (Wildman–Crippen MR) is 101 cm³/mol. The summed E-state index contributed by atoms with van der Waals surface area (Å²) < 4.78 is 2.33. The van der Waals surface area contributed by atoms with E-state index in [1.807, 2.05) is 11.8 Å². The van der Waals surface area contributed by atoms with Gasteiger partial charge in [-0.15, -0.1) is 11.8 Å². The first-order chi connectivity index (χ1) is 10.8. The van der Waals surface area contributed by atoms with Gasteiger partial charge in [-0.3, -0.25) is 0 Å². The molecule has 0 saturated heterocycles. The van der Waals surface area contributed by atoms with Crippen LogP contribution in [0, 0.1) is 0 Å². The molecule has 0 spiro atoms. The van der Waals surface area contributed by atoms with E-state index in [0.717, 1.165) is 24.6 Å². The normalized spacial score (nSPS) is 15.6. The second-order valence-corrected chi connectivity index (χ2v) is 6.96. The fraction of sp³-hybridized carbons (Fsp3) is 0.278. The second-order valence-electron chi connectivity index (χ2n) is 5.37. The SMILES string of the molecule is CN(CCS)c1ccc(/C=C2\SCC[n+]3ccccc32)cc1. The summed E-state index contributed by atoms with van der Waals surface area (Å²) in [5.41, 5.74) is 3.81. The molecule has 0 unspecified atom stereocenters. The molecule has 2 nitrogen and oxygen atoms in total.